The molecule has 220 valence electrons. The minimum absolute atomic E-state index is 0.0384. The number of alkyl carbamates (subject to hydrolysis) is 1. The van der Waals surface area contributed by atoms with Gasteiger partial charge in [0.1, 0.15) is 11.4 Å². The second kappa shape index (κ2) is 11.7. The highest BCUT2D eigenvalue weighted by Gasteiger charge is 2.32. The van der Waals surface area contributed by atoms with Crippen LogP contribution in [0.1, 0.15) is 50.4 Å². The molecule has 10 nitrogen and oxygen atoms in total. The summed E-state index contributed by atoms with van der Waals surface area (Å²) < 4.78 is 50.7. The Bertz CT molecular complexity index is 1600. The Balaban J connectivity index is 1.46. The van der Waals surface area contributed by atoms with Gasteiger partial charge in [-0.2, -0.15) is 8.78 Å². The van der Waals surface area contributed by atoms with Crippen LogP contribution in [0.4, 0.5) is 18.0 Å². The fourth-order valence-corrected chi connectivity index (χ4v) is 4.89. The lowest BCUT2D eigenvalue weighted by Crippen LogP contribution is -2.49. The molecule has 0 saturated heterocycles. The van der Waals surface area contributed by atoms with E-state index in [0.717, 1.165) is 18.8 Å². The van der Waals surface area contributed by atoms with E-state index in [-0.39, 0.29) is 29.3 Å². The van der Waals surface area contributed by atoms with Crippen molar-refractivity contribution in [3.63, 3.8) is 0 Å². The number of nitrogens with zero attached hydrogens (tertiary/aromatic N) is 4. The number of benzene rings is 1. The molecule has 4 aromatic rings. The van der Waals surface area contributed by atoms with E-state index < -0.39 is 30.0 Å². The van der Waals surface area contributed by atoms with Crippen molar-refractivity contribution < 1.29 is 32.2 Å². The van der Waals surface area contributed by atoms with Crippen LogP contribution in [0.2, 0.25) is 0 Å². The summed E-state index contributed by atoms with van der Waals surface area (Å²) >= 11 is 0. The van der Waals surface area contributed by atoms with Gasteiger partial charge in [0.05, 0.1) is 35.0 Å². The van der Waals surface area contributed by atoms with Crippen molar-refractivity contribution >= 4 is 23.0 Å². The summed E-state index contributed by atoms with van der Waals surface area (Å²) in [6.07, 6.45) is 6.66. The van der Waals surface area contributed by atoms with Crippen LogP contribution in [0.25, 0.3) is 28.1 Å². The molecule has 1 aromatic carbocycles. The molecule has 2 N–H and O–H groups in total. The van der Waals surface area contributed by atoms with Crippen LogP contribution < -0.4 is 15.4 Å². The highest BCUT2D eigenvalue weighted by atomic mass is 19.3. The first kappa shape index (κ1) is 28.8. The van der Waals surface area contributed by atoms with Crippen LogP contribution in [-0.4, -0.2) is 55.8 Å². The van der Waals surface area contributed by atoms with Crippen molar-refractivity contribution in [2.24, 2.45) is 0 Å². The van der Waals surface area contributed by atoms with Crippen molar-refractivity contribution in [1.29, 1.82) is 0 Å². The van der Waals surface area contributed by atoms with Gasteiger partial charge in [-0.25, -0.2) is 19.2 Å². The maximum Gasteiger partial charge on any atom is 0.407 e. The van der Waals surface area contributed by atoms with E-state index in [1.54, 1.807) is 45.2 Å². The number of carbonyl (C=O) groups is 2. The van der Waals surface area contributed by atoms with Crippen molar-refractivity contribution in [2.45, 2.75) is 64.3 Å². The fourth-order valence-electron chi connectivity index (χ4n) is 4.89. The summed E-state index contributed by atoms with van der Waals surface area (Å²) in [5.74, 6) is -0.960. The number of halogens is 3. The molecule has 2 atom stereocenters. The minimum atomic E-state index is -2.99. The monoisotopic (exact) mass is 582 g/mol. The molecule has 5 rings (SSSR count). The number of hydrogen-bond donors (Lipinski definition) is 2. The summed E-state index contributed by atoms with van der Waals surface area (Å²) in [5, 5.41) is 5.83. The van der Waals surface area contributed by atoms with Gasteiger partial charge in [0.15, 0.2) is 5.82 Å². The maximum absolute atomic E-state index is 13.6. The second-order valence-corrected chi connectivity index (χ2v) is 10.9. The van der Waals surface area contributed by atoms with Gasteiger partial charge in [-0.1, -0.05) is 12.1 Å². The molecule has 3 heterocycles. The van der Waals surface area contributed by atoms with Crippen LogP contribution in [0, 0.1) is 5.82 Å². The number of aromatic nitrogens is 4. The van der Waals surface area contributed by atoms with E-state index in [1.807, 2.05) is 0 Å². The number of ether oxygens (including phenoxy) is 2. The SMILES string of the molecule is CC(C)(C)OC(=O)N[C@@H]1CCC[C@@H]1NC(=O)c1cnc2c(-c3cccc(OC(F)F)c3)cn(-c3ncc(F)cn3)c2c1. The zero-order chi connectivity index (χ0) is 30.0. The molecule has 0 unspecified atom stereocenters. The van der Waals surface area contributed by atoms with Gasteiger partial charge >= 0.3 is 12.7 Å². The van der Waals surface area contributed by atoms with Crippen molar-refractivity contribution in [3.8, 4) is 22.8 Å². The molecule has 0 radical (unpaired) electrons. The zero-order valence-corrected chi connectivity index (χ0v) is 23.1. The second-order valence-electron chi connectivity index (χ2n) is 10.9. The third kappa shape index (κ3) is 6.61. The minimum Gasteiger partial charge on any atom is -0.444 e. The topological polar surface area (TPSA) is 120 Å². The molecular weight excluding hydrogens is 553 g/mol. The number of amides is 2. The highest BCUT2D eigenvalue weighted by molar-refractivity contribution is 6.00. The average Bonchev–Trinajstić information content (AvgIpc) is 3.51. The first-order valence-corrected chi connectivity index (χ1v) is 13.3. The molecule has 0 spiro atoms. The number of nitrogens with one attached hydrogen (secondary N) is 2. The van der Waals surface area contributed by atoms with E-state index in [4.69, 9.17) is 4.74 Å². The summed E-state index contributed by atoms with van der Waals surface area (Å²) in [4.78, 5) is 38.3. The predicted octanol–water partition coefficient (Wildman–Crippen LogP) is 5.40. The number of fused-ring (bicyclic) bond motifs is 1. The van der Waals surface area contributed by atoms with E-state index >= 15 is 0 Å². The molecule has 1 aliphatic rings. The van der Waals surface area contributed by atoms with Crippen LogP contribution in [0.5, 0.6) is 5.75 Å². The van der Waals surface area contributed by atoms with Gasteiger partial charge in [0, 0.05) is 24.0 Å². The number of alkyl halides is 2. The van der Waals surface area contributed by atoms with Gasteiger partial charge in [-0.3, -0.25) is 14.3 Å². The van der Waals surface area contributed by atoms with Crippen molar-refractivity contribution in [2.75, 3.05) is 0 Å². The lowest BCUT2D eigenvalue weighted by molar-refractivity contribution is -0.0498. The Kier molecular flexibility index (Phi) is 8.01. The molecule has 1 aliphatic carbocycles. The van der Waals surface area contributed by atoms with Gasteiger partial charge < -0.3 is 20.1 Å². The lowest BCUT2D eigenvalue weighted by atomic mass is 10.1. The molecule has 1 saturated carbocycles. The predicted molar refractivity (Wildman–Crippen MR) is 147 cm³/mol. The Labute approximate surface area is 239 Å². The third-order valence-corrected chi connectivity index (χ3v) is 6.63. The standard InChI is InChI=1S/C29H29F3N6O4/c1-29(2,3)42-28(40)37-22-9-5-8-21(22)36-25(39)17-11-23-24(33-12-17)20(15-38(23)27-34-13-18(30)14-35-27)16-6-4-7-19(10-16)41-26(31)32/h4,6-7,10-15,21-22,26H,5,8-9H2,1-3H3,(H,36,39)(H,37,40)/t21-,22+/m0/s1. The highest BCUT2D eigenvalue weighted by Crippen LogP contribution is 2.33. The third-order valence-electron chi connectivity index (χ3n) is 6.63. The van der Waals surface area contributed by atoms with E-state index in [9.17, 15) is 22.8 Å². The first-order chi connectivity index (χ1) is 20.0. The summed E-state index contributed by atoms with van der Waals surface area (Å²) in [7, 11) is 0. The van der Waals surface area contributed by atoms with Crippen molar-refractivity contribution in [3.05, 3.63) is 66.5 Å². The summed E-state index contributed by atoms with van der Waals surface area (Å²) in [5.41, 5.74) is 1.49. The molecular formula is C29H29F3N6O4. The first-order valence-electron chi connectivity index (χ1n) is 13.3. The fraction of sp³-hybridized carbons (Fsp3) is 0.345. The largest absolute Gasteiger partial charge is 0.444 e. The lowest BCUT2D eigenvalue weighted by Gasteiger charge is -2.25. The van der Waals surface area contributed by atoms with Crippen LogP contribution >= 0.6 is 0 Å². The average molecular weight is 583 g/mol. The Morgan fingerprint density at radius 3 is 2.43 bits per heavy atom. The summed E-state index contributed by atoms with van der Waals surface area (Å²) in [6, 6.07) is 7.09. The van der Waals surface area contributed by atoms with E-state index in [1.165, 1.54) is 22.9 Å². The Morgan fingerprint density at radius 1 is 1.02 bits per heavy atom. The Morgan fingerprint density at radius 2 is 1.74 bits per heavy atom. The molecule has 3 aromatic heterocycles. The van der Waals surface area contributed by atoms with E-state index in [0.29, 0.717) is 35.0 Å². The van der Waals surface area contributed by atoms with Crippen LogP contribution in [-0.2, 0) is 4.74 Å². The number of pyridine rings is 1. The van der Waals surface area contributed by atoms with Crippen LogP contribution in [0.3, 0.4) is 0 Å². The Hall–Kier alpha value is -4.68. The molecule has 13 heteroatoms. The molecule has 0 aliphatic heterocycles. The van der Waals surface area contributed by atoms with Gasteiger partial charge in [-0.05, 0) is 63.8 Å². The van der Waals surface area contributed by atoms with Crippen LogP contribution in [0.15, 0.2) is 55.1 Å². The number of rotatable bonds is 7. The maximum atomic E-state index is 13.6. The van der Waals surface area contributed by atoms with E-state index in [2.05, 4.69) is 30.3 Å². The van der Waals surface area contributed by atoms with Gasteiger partial charge in [-0.15, -0.1) is 0 Å². The number of hydrogen-bond acceptors (Lipinski definition) is 7. The van der Waals surface area contributed by atoms with Crippen molar-refractivity contribution in [1.82, 2.24) is 30.2 Å². The molecule has 0 bridgehead atoms. The summed E-state index contributed by atoms with van der Waals surface area (Å²) in [6.45, 7) is 2.33. The quantitative estimate of drug-likeness (QED) is 0.299. The molecule has 2 amide bonds. The smallest absolute Gasteiger partial charge is 0.407 e. The van der Waals surface area contributed by atoms with Gasteiger partial charge in [0.25, 0.3) is 5.91 Å². The normalized spacial score (nSPS) is 16.9. The molecule has 1 fully saturated rings. The molecule has 42 heavy (non-hydrogen) atoms. The van der Waals surface area contributed by atoms with Gasteiger partial charge in [0.2, 0.25) is 5.95 Å². The number of carbonyl (C=O) groups excluding carboxylic acids is 2. The zero-order valence-electron chi connectivity index (χ0n) is 23.1.